The van der Waals surface area contributed by atoms with Crippen LogP contribution in [-0.4, -0.2) is 18.5 Å². The molecule has 3 nitrogen and oxygen atoms in total. The quantitative estimate of drug-likeness (QED) is 0.907. The number of aryl methyl sites for hydroxylation is 1. The van der Waals surface area contributed by atoms with E-state index in [0.717, 1.165) is 37.9 Å². The molecule has 0 aromatic heterocycles. The van der Waals surface area contributed by atoms with Crippen LogP contribution >= 0.6 is 0 Å². The highest BCUT2D eigenvalue weighted by molar-refractivity contribution is 5.94. The Morgan fingerprint density at radius 3 is 2.81 bits per heavy atom. The number of para-hydroxylation sites is 1. The first kappa shape index (κ1) is 14.6. The van der Waals surface area contributed by atoms with Gasteiger partial charge in [0.05, 0.1) is 0 Å². The fourth-order valence-corrected chi connectivity index (χ4v) is 3.78. The van der Waals surface area contributed by atoms with E-state index in [1.807, 2.05) is 11.0 Å². The highest BCUT2D eigenvalue weighted by Gasteiger charge is 2.29. The first-order valence-electron chi connectivity index (χ1n) is 8.39. The molecule has 0 saturated heterocycles. The fraction of sp³-hybridized carbons (Fsp3) is 0.611. The van der Waals surface area contributed by atoms with Gasteiger partial charge in [0.1, 0.15) is 0 Å². The Hall–Kier alpha value is -1.35. The smallest absolute Gasteiger partial charge is 0.227 e. The predicted octanol–water partition coefficient (Wildman–Crippen LogP) is 3.26. The summed E-state index contributed by atoms with van der Waals surface area (Å²) in [4.78, 5) is 14.8. The highest BCUT2D eigenvalue weighted by Crippen LogP contribution is 2.30. The predicted molar refractivity (Wildman–Crippen MR) is 86.3 cm³/mol. The van der Waals surface area contributed by atoms with Crippen molar-refractivity contribution in [2.45, 2.75) is 57.4 Å². The van der Waals surface area contributed by atoms with Crippen molar-refractivity contribution in [1.29, 1.82) is 0 Å². The molecule has 1 aromatic rings. The lowest BCUT2D eigenvalue weighted by Gasteiger charge is -2.29. The largest absolute Gasteiger partial charge is 0.327 e. The maximum atomic E-state index is 12.8. The summed E-state index contributed by atoms with van der Waals surface area (Å²) in [5.41, 5.74) is 8.59. The summed E-state index contributed by atoms with van der Waals surface area (Å²) in [6, 6.07) is 8.62. The van der Waals surface area contributed by atoms with E-state index in [4.69, 9.17) is 5.73 Å². The molecular weight excluding hydrogens is 260 g/mol. The van der Waals surface area contributed by atoms with Crippen molar-refractivity contribution in [2.75, 3.05) is 11.4 Å². The molecular formula is C18H26N2O. The second-order valence-corrected chi connectivity index (χ2v) is 6.54. The van der Waals surface area contributed by atoms with Gasteiger partial charge in [0, 0.05) is 24.7 Å². The van der Waals surface area contributed by atoms with E-state index in [-0.39, 0.29) is 11.9 Å². The zero-order valence-corrected chi connectivity index (χ0v) is 12.8. The Morgan fingerprint density at radius 1 is 1.14 bits per heavy atom. The van der Waals surface area contributed by atoms with Gasteiger partial charge >= 0.3 is 0 Å². The third-order valence-corrected chi connectivity index (χ3v) is 5.07. The van der Waals surface area contributed by atoms with Crippen molar-refractivity contribution in [2.24, 2.45) is 11.7 Å². The van der Waals surface area contributed by atoms with Crippen LogP contribution in [0, 0.1) is 5.92 Å². The summed E-state index contributed by atoms with van der Waals surface area (Å²) in [5, 5.41) is 0. The van der Waals surface area contributed by atoms with Crippen LogP contribution < -0.4 is 10.6 Å². The Bertz CT molecular complexity index is 500. The minimum absolute atomic E-state index is 0.221. The number of amides is 1. The summed E-state index contributed by atoms with van der Waals surface area (Å²) < 4.78 is 0. The van der Waals surface area contributed by atoms with Crippen molar-refractivity contribution in [1.82, 2.24) is 0 Å². The van der Waals surface area contributed by atoms with Gasteiger partial charge in [-0.15, -0.1) is 0 Å². The summed E-state index contributed by atoms with van der Waals surface area (Å²) in [6.45, 7) is 0.859. The number of carbonyl (C=O) groups is 1. The van der Waals surface area contributed by atoms with Gasteiger partial charge in [-0.05, 0) is 49.7 Å². The number of hydrogen-bond acceptors (Lipinski definition) is 2. The minimum atomic E-state index is 0.221. The van der Waals surface area contributed by atoms with E-state index in [0.29, 0.717) is 12.3 Å². The summed E-state index contributed by atoms with van der Waals surface area (Å²) in [6.07, 6.45) is 8.62. The van der Waals surface area contributed by atoms with Gasteiger partial charge in [-0.2, -0.15) is 0 Å². The topological polar surface area (TPSA) is 46.3 Å². The number of carbonyl (C=O) groups excluding carboxylic acids is 1. The monoisotopic (exact) mass is 286 g/mol. The zero-order valence-electron chi connectivity index (χ0n) is 12.8. The molecule has 3 heteroatoms. The summed E-state index contributed by atoms with van der Waals surface area (Å²) in [5.74, 6) is 0.654. The van der Waals surface area contributed by atoms with Gasteiger partial charge in [-0.3, -0.25) is 4.79 Å². The maximum Gasteiger partial charge on any atom is 0.227 e. The number of nitrogens with zero attached hydrogens (tertiary/aromatic N) is 1. The number of rotatable bonds is 2. The lowest BCUT2D eigenvalue weighted by molar-refractivity contribution is -0.119. The number of nitrogens with two attached hydrogens (primary N) is 1. The van der Waals surface area contributed by atoms with Gasteiger partial charge in [0.2, 0.25) is 5.91 Å². The fourth-order valence-electron chi connectivity index (χ4n) is 3.78. The van der Waals surface area contributed by atoms with Crippen molar-refractivity contribution >= 4 is 11.6 Å². The second kappa shape index (κ2) is 6.61. The second-order valence-electron chi connectivity index (χ2n) is 6.54. The van der Waals surface area contributed by atoms with Crippen LogP contribution in [0.15, 0.2) is 24.3 Å². The maximum absolute atomic E-state index is 12.8. The van der Waals surface area contributed by atoms with Crippen molar-refractivity contribution in [3.05, 3.63) is 29.8 Å². The third-order valence-electron chi connectivity index (χ3n) is 5.07. The molecule has 21 heavy (non-hydrogen) atoms. The standard InChI is InChI=1S/C18H26N2O/c19-16-10-6-9-15(16)13-18(21)20-12-5-1-2-7-14-8-3-4-11-17(14)20/h3-4,8,11,15-16H,1-2,5-7,9-10,12-13,19H2/t15-,16+/m0/s1. The number of benzene rings is 1. The van der Waals surface area contributed by atoms with Gasteiger partial charge in [0.25, 0.3) is 0 Å². The Morgan fingerprint density at radius 2 is 2.00 bits per heavy atom. The highest BCUT2D eigenvalue weighted by atomic mass is 16.2. The van der Waals surface area contributed by atoms with E-state index < -0.39 is 0 Å². The first-order valence-corrected chi connectivity index (χ1v) is 8.39. The van der Waals surface area contributed by atoms with Crippen LogP contribution in [-0.2, 0) is 11.2 Å². The molecule has 1 aliphatic heterocycles. The van der Waals surface area contributed by atoms with Crippen molar-refractivity contribution < 1.29 is 4.79 Å². The number of hydrogen-bond donors (Lipinski definition) is 1. The lowest BCUT2D eigenvalue weighted by atomic mass is 9.97. The molecule has 0 radical (unpaired) electrons. The molecule has 1 saturated carbocycles. The van der Waals surface area contributed by atoms with E-state index >= 15 is 0 Å². The van der Waals surface area contributed by atoms with Gasteiger partial charge < -0.3 is 10.6 Å². The lowest BCUT2D eigenvalue weighted by Crippen LogP contribution is -2.37. The van der Waals surface area contributed by atoms with Crippen molar-refractivity contribution in [3.63, 3.8) is 0 Å². The average Bonchev–Trinajstić information content (AvgIpc) is 2.85. The molecule has 1 heterocycles. The van der Waals surface area contributed by atoms with Crippen LogP contribution in [0.25, 0.3) is 0 Å². The van der Waals surface area contributed by atoms with Crippen LogP contribution in [0.5, 0.6) is 0 Å². The SMILES string of the molecule is N[C@@H]1CCC[C@H]1CC(=O)N1CCCCCc2ccccc21. The van der Waals surface area contributed by atoms with Crippen LogP contribution in [0.3, 0.4) is 0 Å². The average molecular weight is 286 g/mol. The van der Waals surface area contributed by atoms with E-state index in [1.54, 1.807) is 0 Å². The van der Waals surface area contributed by atoms with E-state index in [1.165, 1.54) is 24.8 Å². The molecule has 114 valence electrons. The Kier molecular flexibility index (Phi) is 4.59. The number of anilines is 1. The Labute approximate surface area is 127 Å². The normalized spacial score (nSPS) is 26.0. The number of fused-ring (bicyclic) bond motifs is 1. The molecule has 2 aliphatic rings. The summed E-state index contributed by atoms with van der Waals surface area (Å²) in [7, 11) is 0. The Balaban J connectivity index is 1.78. The first-order chi connectivity index (χ1) is 10.3. The van der Waals surface area contributed by atoms with Gasteiger partial charge in [0.15, 0.2) is 0 Å². The molecule has 1 aromatic carbocycles. The molecule has 3 rings (SSSR count). The van der Waals surface area contributed by atoms with Crippen LogP contribution in [0.1, 0.15) is 50.5 Å². The van der Waals surface area contributed by atoms with E-state index in [9.17, 15) is 4.79 Å². The molecule has 1 fully saturated rings. The van der Waals surface area contributed by atoms with Crippen molar-refractivity contribution in [3.8, 4) is 0 Å². The molecule has 2 atom stereocenters. The molecule has 1 aliphatic carbocycles. The van der Waals surface area contributed by atoms with Gasteiger partial charge in [-0.1, -0.05) is 31.0 Å². The zero-order chi connectivity index (χ0) is 14.7. The molecule has 0 unspecified atom stereocenters. The summed E-state index contributed by atoms with van der Waals surface area (Å²) >= 11 is 0. The molecule has 0 spiro atoms. The van der Waals surface area contributed by atoms with E-state index in [2.05, 4.69) is 18.2 Å². The third kappa shape index (κ3) is 3.29. The minimum Gasteiger partial charge on any atom is -0.327 e. The molecule has 2 N–H and O–H groups in total. The molecule has 1 amide bonds. The van der Waals surface area contributed by atoms with Crippen LogP contribution in [0.4, 0.5) is 5.69 Å². The van der Waals surface area contributed by atoms with Gasteiger partial charge in [-0.25, -0.2) is 0 Å². The molecule has 0 bridgehead atoms. The van der Waals surface area contributed by atoms with Crippen LogP contribution in [0.2, 0.25) is 0 Å².